The number of carbonyl (C=O) groups is 1. The first-order chi connectivity index (χ1) is 10.1. The summed E-state index contributed by atoms with van der Waals surface area (Å²) < 4.78 is 4.84. The molecule has 0 aliphatic heterocycles. The normalized spacial score (nSPS) is 9.86. The molecule has 1 aromatic carbocycles. The van der Waals surface area contributed by atoms with Crippen LogP contribution < -0.4 is 11.1 Å². The van der Waals surface area contributed by atoms with Crippen LogP contribution in [0, 0.1) is 25.7 Å². The predicted octanol–water partition coefficient (Wildman–Crippen LogP) is 0.927. The fraction of sp³-hybridized carbons (Fsp3) is 0.267. The van der Waals surface area contributed by atoms with E-state index in [1.54, 1.807) is 19.1 Å². The van der Waals surface area contributed by atoms with Crippen molar-refractivity contribution in [2.75, 3.05) is 6.54 Å². The van der Waals surface area contributed by atoms with Gasteiger partial charge in [0.05, 0.1) is 13.1 Å². The monoisotopic (exact) mass is 284 g/mol. The zero-order valence-corrected chi connectivity index (χ0v) is 11.9. The zero-order valence-electron chi connectivity index (χ0n) is 11.9. The quantitative estimate of drug-likeness (QED) is 0.818. The molecule has 0 atom stereocenters. The van der Waals surface area contributed by atoms with E-state index in [-0.39, 0.29) is 19.0 Å². The molecule has 21 heavy (non-hydrogen) atoms. The highest BCUT2D eigenvalue weighted by molar-refractivity contribution is 5.94. The third-order valence-corrected chi connectivity index (χ3v) is 2.65. The van der Waals surface area contributed by atoms with Crippen molar-refractivity contribution in [2.24, 2.45) is 5.73 Å². The van der Waals surface area contributed by atoms with Crippen LogP contribution in [0.15, 0.2) is 22.7 Å². The molecule has 0 saturated heterocycles. The molecule has 0 bridgehead atoms. The number of hydrogen-bond donors (Lipinski definition) is 2. The molecule has 1 heterocycles. The van der Waals surface area contributed by atoms with Crippen molar-refractivity contribution >= 4 is 5.91 Å². The van der Waals surface area contributed by atoms with E-state index in [0.717, 1.165) is 11.1 Å². The standard InChI is InChI=1S/C15H16N4O2/c1-10-6-12(4-3-5-16)8-13(7-10)15(20)17-9-14-18-11(2)21-19-14/h6-8H,5,9,16H2,1-2H3,(H,17,20). The highest BCUT2D eigenvalue weighted by atomic mass is 16.5. The van der Waals surface area contributed by atoms with Crippen LogP contribution in [-0.2, 0) is 6.54 Å². The molecular weight excluding hydrogens is 268 g/mol. The van der Waals surface area contributed by atoms with E-state index >= 15 is 0 Å². The minimum Gasteiger partial charge on any atom is -0.345 e. The Bertz CT molecular complexity index is 710. The molecule has 0 aliphatic carbocycles. The minimum absolute atomic E-state index is 0.211. The van der Waals surface area contributed by atoms with Crippen LogP contribution in [0.4, 0.5) is 0 Å². The maximum atomic E-state index is 12.1. The summed E-state index contributed by atoms with van der Waals surface area (Å²) in [7, 11) is 0. The maximum Gasteiger partial charge on any atom is 0.251 e. The minimum atomic E-state index is -0.211. The number of rotatable bonds is 3. The first kappa shape index (κ1) is 14.8. The van der Waals surface area contributed by atoms with Crippen LogP contribution >= 0.6 is 0 Å². The molecule has 108 valence electrons. The number of nitrogens with one attached hydrogen (secondary N) is 1. The van der Waals surface area contributed by atoms with E-state index in [1.807, 2.05) is 13.0 Å². The van der Waals surface area contributed by atoms with Crippen LogP contribution in [0.1, 0.15) is 33.2 Å². The second kappa shape index (κ2) is 6.68. The molecule has 2 rings (SSSR count). The Morgan fingerprint density at radius 1 is 1.38 bits per heavy atom. The molecule has 6 heteroatoms. The van der Waals surface area contributed by atoms with Gasteiger partial charge in [-0.1, -0.05) is 17.0 Å². The summed E-state index contributed by atoms with van der Waals surface area (Å²) in [5.74, 6) is 6.39. The summed E-state index contributed by atoms with van der Waals surface area (Å²) >= 11 is 0. The number of benzene rings is 1. The molecular formula is C15H16N4O2. The van der Waals surface area contributed by atoms with Gasteiger partial charge < -0.3 is 15.6 Å². The number of hydrogen-bond acceptors (Lipinski definition) is 5. The largest absolute Gasteiger partial charge is 0.345 e. The summed E-state index contributed by atoms with van der Waals surface area (Å²) in [5, 5.41) is 6.46. The SMILES string of the molecule is Cc1cc(C#CCN)cc(C(=O)NCc2noc(C)n2)c1. The number of nitrogens with zero attached hydrogens (tertiary/aromatic N) is 2. The van der Waals surface area contributed by atoms with Crippen LogP contribution in [0.2, 0.25) is 0 Å². The lowest BCUT2D eigenvalue weighted by Gasteiger charge is -2.05. The van der Waals surface area contributed by atoms with Gasteiger partial charge in [0.15, 0.2) is 5.82 Å². The van der Waals surface area contributed by atoms with Crippen molar-refractivity contribution < 1.29 is 9.32 Å². The van der Waals surface area contributed by atoms with Crippen LogP contribution in [0.5, 0.6) is 0 Å². The second-order valence-electron chi connectivity index (χ2n) is 4.51. The number of nitrogens with two attached hydrogens (primary N) is 1. The fourth-order valence-electron chi connectivity index (χ4n) is 1.81. The van der Waals surface area contributed by atoms with Gasteiger partial charge in [-0.25, -0.2) is 0 Å². The molecule has 3 N–H and O–H groups in total. The Labute approximate surface area is 122 Å². The van der Waals surface area contributed by atoms with E-state index < -0.39 is 0 Å². The lowest BCUT2D eigenvalue weighted by Crippen LogP contribution is -2.23. The van der Waals surface area contributed by atoms with Gasteiger partial charge in [-0.3, -0.25) is 4.79 Å². The smallest absolute Gasteiger partial charge is 0.251 e. The van der Waals surface area contributed by atoms with Crippen molar-refractivity contribution in [1.29, 1.82) is 0 Å². The lowest BCUT2D eigenvalue weighted by molar-refractivity contribution is 0.0949. The first-order valence-corrected chi connectivity index (χ1v) is 6.46. The van der Waals surface area contributed by atoms with Crippen molar-refractivity contribution in [3.63, 3.8) is 0 Å². The van der Waals surface area contributed by atoms with Crippen LogP contribution in [0.25, 0.3) is 0 Å². The first-order valence-electron chi connectivity index (χ1n) is 6.46. The molecule has 2 aromatic rings. The van der Waals surface area contributed by atoms with Gasteiger partial charge in [0, 0.05) is 18.1 Å². The van der Waals surface area contributed by atoms with Crippen molar-refractivity contribution in [3.8, 4) is 11.8 Å². The summed E-state index contributed by atoms with van der Waals surface area (Å²) in [6.07, 6.45) is 0. The van der Waals surface area contributed by atoms with Crippen LogP contribution in [0.3, 0.4) is 0 Å². The summed E-state index contributed by atoms with van der Waals surface area (Å²) in [4.78, 5) is 16.2. The molecule has 0 unspecified atom stereocenters. The highest BCUT2D eigenvalue weighted by Crippen LogP contribution is 2.09. The van der Waals surface area contributed by atoms with E-state index in [1.165, 1.54) is 0 Å². The Kier molecular flexibility index (Phi) is 4.69. The van der Waals surface area contributed by atoms with E-state index in [2.05, 4.69) is 27.3 Å². The molecule has 6 nitrogen and oxygen atoms in total. The van der Waals surface area contributed by atoms with Gasteiger partial charge in [0.2, 0.25) is 5.89 Å². The van der Waals surface area contributed by atoms with Crippen LogP contribution in [-0.4, -0.2) is 22.6 Å². The van der Waals surface area contributed by atoms with Gasteiger partial charge >= 0.3 is 0 Å². The Balaban J connectivity index is 2.09. The van der Waals surface area contributed by atoms with Crippen molar-refractivity contribution in [3.05, 3.63) is 46.6 Å². The average Bonchev–Trinajstić information content (AvgIpc) is 2.87. The topological polar surface area (TPSA) is 94.0 Å². The molecule has 0 saturated carbocycles. The summed E-state index contributed by atoms with van der Waals surface area (Å²) in [6.45, 7) is 4.11. The lowest BCUT2D eigenvalue weighted by atomic mass is 10.1. The Morgan fingerprint density at radius 3 is 2.86 bits per heavy atom. The summed E-state index contributed by atoms with van der Waals surface area (Å²) in [6, 6.07) is 5.43. The third kappa shape index (κ3) is 4.16. The maximum absolute atomic E-state index is 12.1. The molecule has 1 aromatic heterocycles. The van der Waals surface area contributed by atoms with Gasteiger partial charge in [0.25, 0.3) is 5.91 Å². The van der Waals surface area contributed by atoms with Gasteiger partial charge in [0.1, 0.15) is 0 Å². The third-order valence-electron chi connectivity index (χ3n) is 2.65. The highest BCUT2D eigenvalue weighted by Gasteiger charge is 2.09. The fourth-order valence-corrected chi connectivity index (χ4v) is 1.81. The van der Waals surface area contributed by atoms with Crippen molar-refractivity contribution in [2.45, 2.75) is 20.4 Å². The molecule has 0 radical (unpaired) electrons. The average molecular weight is 284 g/mol. The van der Waals surface area contributed by atoms with Gasteiger partial charge in [-0.2, -0.15) is 4.98 Å². The summed E-state index contributed by atoms with van der Waals surface area (Å²) in [5.41, 5.74) is 7.61. The molecule has 0 spiro atoms. The Hall–Kier alpha value is -2.65. The number of carbonyl (C=O) groups excluding carboxylic acids is 1. The van der Waals surface area contributed by atoms with Gasteiger partial charge in [-0.15, -0.1) is 0 Å². The Morgan fingerprint density at radius 2 is 2.19 bits per heavy atom. The van der Waals surface area contributed by atoms with E-state index in [0.29, 0.717) is 17.3 Å². The number of amides is 1. The number of aromatic nitrogens is 2. The number of aryl methyl sites for hydroxylation is 2. The molecule has 0 aliphatic rings. The van der Waals surface area contributed by atoms with Gasteiger partial charge in [-0.05, 0) is 30.7 Å². The zero-order chi connectivity index (χ0) is 15.2. The molecule has 0 fully saturated rings. The predicted molar refractivity (Wildman–Crippen MR) is 77.3 cm³/mol. The second-order valence-corrected chi connectivity index (χ2v) is 4.51. The van der Waals surface area contributed by atoms with E-state index in [9.17, 15) is 4.79 Å². The molecule has 1 amide bonds. The van der Waals surface area contributed by atoms with E-state index in [4.69, 9.17) is 10.3 Å². The van der Waals surface area contributed by atoms with Crippen molar-refractivity contribution in [1.82, 2.24) is 15.5 Å².